The summed E-state index contributed by atoms with van der Waals surface area (Å²) in [5.74, 6) is -1.91. The standard InChI is InChI=1S/C24H35Cl3O6/c1-3-4-7-10-18(28)13-14-19-17(16-33-23(31)24(25,26)27)15-21(29)20(19)11-8-5-6-9-12-22(30)32-2/h5,8,13-14,17-20,28H,3-4,6-7,9-12,15-16H2,1-2H3/b8-5-,14-13+/t17-,18?,19-,20+/m0/s1. The number of aliphatic hydroxyl groups excluding tert-OH is 1. The number of halogens is 3. The Hall–Kier alpha value is -1.08. The number of esters is 2. The number of carbonyl (C=O) groups is 3. The summed E-state index contributed by atoms with van der Waals surface area (Å²) in [5.41, 5.74) is 0. The Morgan fingerprint density at radius 2 is 1.94 bits per heavy atom. The van der Waals surface area contributed by atoms with Crippen molar-refractivity contribution in [2.45, 2.75) is 74.6 Å². The second kappa shape index (κ2) is 15.8. The molecular formula is C24H35Cl3O6. The molecule has 0 radical (unpaired) electrons. The first-order valence-corrected chi connectivity index (χ1v) is 12.6. The van der Waals surface area contributed by atoms with Gasteiger partial charge in [-0.25, -0.2) is 4.79 Å². The minimum absolute atomic E-state index is 0.0429. The van der Waals surface area contributed by atoms with Crippen LogP contribution in [0.3, 0.4) is 0 Å². The maximum atomic E-state index is 12.7. The number of rotatable bonds is 14. The molecule has 33 heavy (non-hydrogen) atoms. The number of aliphatic hydroxyl groups is 1. The molecule has 0 bridgehead atoms. The van der Waals surface area contributed by atoms with Crippen LogP contribution in [0.5, 0.6) is 0 Å². The van der Waals surface area contributed by atoms with Gasteiger partial charge >= 0.3 is 11.9 Å². The summed E-state index contributed by atoms with van der Waals surface area (Å²) in [4.78, 5) is 35.7. The zero-order valence-corrected chi connectivity index (χ0v) is 21.6. The molecule has 4 atom stereocenters. The van der Waals surface area contributed by atoms with E-state index in [1.165, 1.54) is 7.11 Å². The van der Waals surface area contributed by atoms with Crippen LogP contribution in [0.15, 0.2) is 24.3 Å². The van der Waals surface area contributed by atoms with E-state index in [-0.39, 0.29) is 42.5 Å². The number of ether oxygens (including phenoxy) is 2. The summed E-state index contributed by atoms with van der Waals surface area (Å²) in [7, 11) is 1.36. The highest BCUT2D eigenvalue weighted by molar-refractivity contribution is 6.75. The molecule has 0 aliphatic heterocycles. The lowest BCUT2D eigenvalue weighted by atomic mass is 9.86. The normalized spacial score (nSPS) is 22.2. The van der Waals surface area contributed by atoms with Crippen molar-refractivity contribution in [2.75, 3.05) is 13.7 Å². The fraction of sp³-hybridized carbons (Fsp3) is 0.708. The third-order valence-corrected chi connectivity index (χ3v) is 6.20. The number of allylic oxidation sites excluding steroid dienone is 3. The van der Waals surface area contributed by atoms with Gasteiger partial charge in [-0.1, -0.05) is 85.3 Å². The van der Waals surface area contributed by atoms with E-state index < -0.39 is 15.9 Å². The minimum atomic E-state index is -2.17. The first-order valence-electron chi connectivity index (χ1n) is 11.4. The zero-order chi connectivity index (χ0) is 24.9. The number of methoxy groups -OCH3 is 1. The molecule has 9 heteroatoms. The van der Waals surface area contributed by atoms with Gasteiger partial charge in [-0.2, -0.15) is 0 Å². The second-order valence-corrected chi connectivity index (χ2v) is 10.6. The molecule has 1 N–H and O–H groups in total. The smallest absolute Gasteiger partial charge is 0.358 e. The molecule has 1 aliphatic rings. The number of alkyl halides is 3. The number of carbonyl (C=O) groups excluding carboxylic acids is 3. The summed E-state index contributed by atoms with van der Waals surface area (Å²) in [5, 5.41) is 10.3. The van der Waals surface area contributed by atoms with E-state index in [1.54, 1.807) is 6.08 Å². The van der Waals surface area contributed by atoms with Crippen LogP contribution < -0.4 is 0 Å². The highest BCUT2D eigenvalue weighted by atomic mass is 35.6. The van der Waals surface area contributed by atoms with Crippen LogP contribution in [0.25, 0.3) is 0 Å². The van der Waals surface area contributed by atoms with Crippen LogP contribution in [0.1, 0.15) is 64.7 Å². The van der Waals surface area contributed by atoms with Gasteiger partial charge in [0.05, 0.1) is 19.8 Å². The summed E-state index contributed by atoms with van der Waals surface area (Å²) in [6.07, 6.45) is 13.1. The van der Waals surface area contributed by atoms with Gasteiger partial charge in [-0.3, -0.25) is 9.59 Å². The van der Waals surface area contributed by atoms with Gasteiger partial charge in [0.25, 0.3) is 3.79 Å². The average molecular weight is 526 g/mol. The SMILES string of the molecule is CCCCCC(O)/C=C/[C@H]1[C@H](COC(=O)C(Cl)(Cl)Cl)CC(=O)[C@@H]1C/C=C\CCCC(=O)OC. The number of hydrogen-bond donors (Lipinski definition) is 1. The molecule has 188 valence electrons. The lowest BCUT2D eigenvalue weighted by Crippen LogP contribution is -2.26. The van der Waals surface area contributed by atoms with Crippen molar-refractivity contribution in [1.29, 1.82) is 0 Å². The first kappa shape index (κ1) is 30.0. The molecule has 0 amide bonds. The van der Waals surface area contributed by atoms with Crippen LogP contribution in [0.4, 0.5) is 0 Å². The third kappa shape index (κ3) is 11.7. The van der Waals surface area contributed by atoms with E-state index in [0.717, 1.165) is 19.3 Å². The molecule has 0 aromatic rings. The van der Waals surface area contributed by atoms with Crippen LogP contribution in [-0.2, 0) is 23.9 Å². The predicted octanol–water partition coefficient (Wildman–Crippen LogP) is 5.51. The number of unbranched alkanes of at least 4 members (excludes halogenated alkanes) is 3. The minimum Gasteiger partial charge on any atom is -0.469 e. The van der Waals surface area contributed by atoms with E-state index in [1.807, 2.05) is 18.2 Å². The monoisotopic (exact) mass is 524 g/mol. The van der Waals surface area contributed by atoms with Crippen molar-refractivity contribution in [3.63, 3.8) is 0 Å². The summed E-state index contributed by atoms with van der Waals surface area (Å²) in [6, 6.07) is 0. The van der Waals surface area contributed by atoms with Gasteiger partial charge in [0, 0.05) is 24.7 Å². The molecule has 1 unspecified atom stereocenters. The van der Waals surface area contributed by atoms with E-state index in [9.17, 15) is 19.5 Å². The van der Waals surface area contributed by atoms with Gasteiger partial charge in [0.15, 0.2) is 0 Å². The Morgan fingerprint density at radius 3 is 2.58 bits per heavy atom. The summed E-state index contributed by atoms with van der Waals surface area (Å²) < 4.78 is 7.60. The number of ketones is 1. The first-order chi connectivity index (χ1) is 15.6. The Morgan fingerprint density at radius 1 is 1.21 bits per heavy atom. The highest BCUT2D eigenvalue weighted by Crippen LogP contribution is 2.39. The molecule has 6 nitrogen and oxygen atoms in total. The predicted molar refractivity (Wildman–Crippen MR) is 130 cm³/mol. The van der Waals surface area contributed by atoms with Crippen molar-refractivity contribution in [3.05, 3.63) is 24.3 Å². The largest absolute Gasteiger partial charge is 0.469 e. The van der Waals surface area contributed by atoms with Crippen LogP contribution in [-0.4, -0.2) is 46.4 Å². The maximum absolute atomic E-state index is 12.7. The third-order valence-electron chi connectivity index (χ3n) is 5.74. The van der Waals surface area contributed by atoms with E-state index >= 15 is 0 Å². The molecule has 1 fully saturated rings. The van der Waals surface area contributed by atoms with E-state index in [4.69, 9.17) is 39.5 Å². The Bertz CT molecular complexity index is 686. The van der Waals surface area contributed by atoms with Gasteiger partial charge < -0.3 is 14.6 Å². The Labute approximate surface area is 211 Å². The van der Waals surface area contributed by atoms with Gasteiger partial charge in [0.2, 0.25) is 0 Å². The van der Waals surface area contributed by atoms with Gasteiger partial charge in [-0.05, 0) is 31.6 Å². The lowest BCUT2D eigenvalue weighted by molar-refractivity contribution is -0.144. The van der Waals surface area contributed by atoms with E-state index in [2.05, 4.69) is 11.7 Å². The fourth-order valence-corrected chi connectivity index (χ4v) is 4.05. The molecule has 0 saturated heterocycles. The Balaban J connectivity index is 2.78. The summed E-state index contributed by atoms with van der Waals surface area (Å²) >= 11 is 16.7. The molecule has 0 aromatic carbocycles. The highest BCUT2D eigenvalue weighted by Gasteiger charge is 2.42. The average Bonchev–Trinajstić information content (AvgIpc) is 3.06. The van der Waals surface area contributed by atoms with Crippen molar-refractivity contribution < 1.29 is 29.0 Å². The molecule has 0 heterocycles. The van der Waals surface area contributed by atoms with Crippen LogP contribution in [0, 0.1) is 17.8 Å². The van der Waals surface area contributed by atoms with E-state index in [0.29, 0.717) is 32.1 Å². The molecule has 0 spiro atoms. The van der Waals surface area contributed by atoms with Crippen LogP contribution >= 0.6 is 34.8 Å². The van der Waals surface area contributed by atoms with Crippen molar-refractivity contribution in [3.8, 4) is 0 Å². The maximum Gasteiger partial charge on any atom is 0.358 e. The van der Waals surface area contributed by atoms with Gasteiger partial charge in [0.1, 0.15) is 5.78 Å². The molecular weight excluding hydrogens is 491 g/mol. The van der Waals surface area contributed by atoms with Crippen molar-refractivity contribution in [1.82, 2.24) is 0 Å². The zero-order valence-electron chi connectivity index (χ0n) is 19.3. The molecule has 1 aliphatic carbocycles. The van der Waals surface area contributed by atoms with Crippen molar-refractivity contribution in [2.24, 2.45) is 17.8 Å². The molecule has 1 saturated carbocycles. The number of hydrogen-bond acceptors (Lipinski definition) is 6. The topological polar surface area (TPSA) is 89.9 Å². The lowest BCUT2D eigenvalue weighted by Gasteiger charge is -2.21. The quantitative estimate of drug-likeness (QED) is 0.139. The molecule has 1 rings (SSSR count). The fourth-order valence-electron chi connectivity index (χ4n) is 3.89. The van der Waals surface area contributed by atoms with Crippen molar-refractivity contribution >= 4 is 52.5 Å². The second-order valence-electron chi connectivity index (χ2n) is 8.33. The Kier molecular flexibility index (Phi) is 14.3. The summed E-state index contributed by atoms with van der Waals surface area (Å²) in [6.45, 7) is 2.06. The van der Waals surface area contributed by atoms with Gasteiger partial charge in [-0.15, -0.1) is 0 Å². The number of Topliss-reactive ketones (excluding diaryl/α,β-unsaturated/α-hetero) is 1. The molecule has 0 aromatic heterocycles. The van der Waals surface area contributed by atoms with Crippen LogP contribution in [0.2, 0.25) is 0 Å².